The highest BCUT2D eigenvalue weighted by atomic mass is 32.2. The molecule has 0 atom stereocenters. The summed E-state index contributed by atoms with van der Waals surface area (Å²) in [7, 11) is -4.02. The highest BCUT2D eigenvalue weighted by Crippen LogP contribution is 2.20. The largest absolute Gasteiger partial charge is 0.372 e. The Bertz CT molecular complexity index is 959. The quantitative estimate of drug-likeness (QED) is 0.684. The van der Waals surface area contributed by atoms with Crippen molar-refractivity contribution in [1.29, 1.82) is 0 Å². The molecule has 1 heterocycles. The van der Waals surface area contributed by atoms with E-state index in [9.17, 15) is 22.0 Å². The van der Waals surface area contributed by atoms with Gasteiger partial charge in [0, 0.05) is 38.3 Å². The molecule has 2 N–H and O–H groups in total. The molecule has 1 amide bonds. The predicted molar refractivity (Wildman–Crippen MR) is 106 cm³/mol. The molecular weight excluding hydrogens is 400 g/mol. The lowest BCUT2D eigenvalue weighted by atomic mass is 10.2. The van der Waals surface area contributed by atoms with Crippen molar-refractivity contribution in [3.63, 3.8) is 0 Å². The first kappa shape index (κ1) is 21.2. The highest BCUT2D eigenvalue weighted by molar-refractivity contribution is 7.89. The zero-order valence-corrected chi connectivity index (χ0v) is 16.6. The summed E-state index contributed by atoms with van der Waals surface area (Å²) in [5.74, 6) is -2.69. The van der Waals surface area contributed by atoms with Gasteiger partial charge in [-0.3, -0.25) is 4.79 Å². The first-order valence-corrected chi connectivity index (χ1v) is 10.9. The van der Waals surface area contributed by atoms with Crippen LogP contribution in [0.1, 0.15) is 24.8 Å². The van der Waals surface area contributed by atoms with Crippen molar-refractivity contribution in [3.8, 4) is 0 Å². The normalized spacial score (nSPS) is 14.2. The average molecular weight is 423 g/mol. The molecule has 156 valence electrons. The highest BCUT2D eigenvalue weighted by Gasteiger charge is 2.16. The average Bonchev–Trinajstić information content (AvgIpc) is 3.23. The van der Waals surface area contributed by atoms with Gasteiger partial charge in [-0.05, 0) is 48.7 Å². The van der Waals surface area contributed by atoms with E-state index in [1.807, 2.05) is 24.3 Å². The number of halogens is 2. The van der Waals surface area contributed by atoms with Crippen molar-refractivity contribution in [2.45, 2.75) is 30.7 Å². The third-order valence-electron chi connectivity index (χ3n) is 4.74. The van der Waals surface area contributed by atoms with Gasteiger partial charge in [0.25, 0.3) is 0 Å². The number of rotatable bonds is 8. The van der Waals surface area contributed by atoms with E-state index in [4.69, 9.17) is 0 Å². The fraction of sp³-hybridized carbons (Fsp3) is 0.350. The Hall–Kier alpha value is -2.52. The molecule has 2 aromatic carbocycles. The summed E-state index contributed by atoms with van der Waals surface area (Å²) in [5, 5.41) is 2.73. The number of benzene rings is 2. The Balaban J connectivity index is 1.43. The van der Waals surface area contributed by atoms with Gasteiger partial charge in [-0.2, -0.15) is 0 Å². The van der Waals surface area contributed by atoms with Crippen LogP contribution >= 0.6 is 0 Å². The maximum Gasteiger partial charge on any atom is 0.240 e. The second kappa shape index (κ2) is 9.32. The number of carbonyl (C=O) groups is 1. The van der Waals surface area contributed by atoms with E-state index >= 15 is 0 Å². The summed E-state index contributed by atoms with van der Waals surface area (Å²) in [5.41, 5.74) is 2.12. The van der Waals surface area contributed by atoms with Crippen molar-refractivity contribution in [2.24, 2.45) is 0 Å². The van der Waals surface area contributed by atoms with Crippen molar-refractivity contribution in [2.75, 3.05) is 24.5 Å². The minimum absolute atomic E-state index is 0.0746. The van der Waals surface area contributed by atoms with Crippen LogP contribution in [0.25, 0.3) is 0 Å². The summed E-state index contributed by atoms with van der Waals surface area (Å²) in [6.07, 6.45) is 2.34. The summed E-state index contributed by atoms with van der Waals surface area (Å²) in [6, 6.07) is 10.3. The smallest absolute Gasteiger partial charge is 0.240 e. The number of hydrogen-bond donors (Lipinski definition) is 2. The van der Waals surface area contributed by atoms with E-state index in [0.717, 1.165) is 30.8 Å². The van der Waals surface area contributed by atoms with Gasteiger partial charge in [-0.25, -0.2) is 21.9 Å². The number of nitrogens with one attached hydrogen (secondary N) is 2. The molecule has 1 fully saturated rings. The minimum Gasteiger partial charge on any atom is -0.372 e. The van der Waals surface area contributed by atoms with Crippen LogP contribution in [0.4, 0.5) is 14.5 Å². The molecule has 1 aliphatic rings. The Morgan fingerprint density at radius 2 is 1.69 bits per heavy atom. The molecule has 9 heteroatoms. The molecule has 0 saturated carbocycles. The third kappa shape index (κ3) is 5.74. The standard InChI is InChI=1S/C20H23F2N3O3S/c21-18-8-7-17(13-19(18)22)29(27,28)24-10-9-20(26)23-14-15-3-5-16(6-4-15)25-11-1-2-12-25/h3-8,13,24H,1-2,9-12,14H2,(H,23,26). The number of nitrogens with zero attached hydrogens (tertiary/aromatic N) is 1. The maximum atomic E-state index is 13.2. The zero-order chi connectivity index (χ0) is 20.9. The van der Waals surface area contributed by atoms with Gasteiger partial charge in [0.2, 0.25) is 15.9 Å². The molecule has 1 aliphatic heterocycles. The van der Waals surface area contributed by atoms with E-state index in [-0.39, 0.29) is 18.9 Å². The van der Waals surface area contributed by atoms with Crippen LogP contribution in [0.15, 0.2) is 47.4 Å². The molecule has 6 nitrogen and oxygen atoms in total. The van der Waals surface area contributed by atoms with Gasteiger partial charge in [0.15, 0.2) is 11.6 Å². The maximum absolute atomic E-state index is 13.2. The van der Waals surface area contributed by atoms with Crippen LogP contribution in [0.3, 0.4) is 0 Å². The lowest BCUT2D eigenvalue weighted by Gasteiger charge is -2.17. The first-order valence-electron chi connectivity index (χ1n) is 9.40. The number of sulfonamides is 1. The molecule has 0 spiro atoms. The Morgan fingerprint density at radius 1 is 1.00 bits per heavy atom. The van der Waals surface area contributed by atoms with E-state index in [0.29, 0.717) is 12.6 Å². The summed E-state index contributed by atoms with van der Waals surface area (Å²) in [6.45, 7) is 2.32. The van der Waals surface area contributed by atoms with Gasteiger partial charge >= 0.3 is 0 Å². The Kier molecular flexibility index (Phi) is 6.81. The second-order valence-corrected chi connectivity index (χ2v) is 8.63. The number of carbonyl (C=O) groups excluding carboxylic acids is 1. The molecule has 0 aliphatic carbocycles. The van der Waals surface area contributed by atoms with Crippen molar-refractivity contribution < 1.29 is 22.0 Å². The molecule has 0 aromatic heterocycles. The Labute approximate surface area is 169 Å². The minimum atomic E-state index is -4.02. The van der Waals surface area contributed by atoms with Crippen LogP contribution in [0, 0.1) is 11.6 Å². The molecule has 29 heavy (non-hydrogen) atoms. The lowest BCUT2D eigenvalue weighted by Crippen LogP contribution is -2.30. The van der Waals surface area contributed by atoms with Gasteiger partial charge in [-0.15, -0.1) is 0 Å². The molecule has 0 radical (unpaired) electrons. The topological polar surface area (TPSA) is 78.5 Å². The van der Waals surface area contributed by atoms with E-state index in [2.05, 4.69) is 14.9 Å². The third-order valence-corrected chi connectivity index (χ3v) is 6.20. The monoisotopic (exact) mass is 423 g/mol. The van der Waals surface area contributed by atoms with Crippen molar-refractivity contribution in [3.05, 3.63) is 59.7 Å². The summed E-state index contributed by atoms with van der Waals surface area (Å²) < 4.78 is 52.5. The van der Waals surface area contributed by atoms with Crippen LogP contribution in [-0.2, 0) is 21.4 Å². The van der Waals surface area contributed by atoms with Gasteiger partial charge in [-0.1, -0.05) is 12.1 Å². The van der Waals surface area contributed by atoms with Crippen molar-refractivity contribution in [1.82, 2.24) is 10.0 Å². The second-order valence-electron chi connectivity index (χ2n) is 6.86. The van der Waals surface area contributed by atoms with Crippen LogP contribution in [0.5, 0.6) is 0 Å². The summed E-state index contributed by atoms with van der Waals surface area (Å²) >= 11 is 0. The molecule has 2 aromatic rings. The predicted octanol–water partition coefficient (Wildman–Crippen LogP) is 2.55. The number of amides is 1. The molecule has 0 unspecified atom stereocenters. The van der Waals surface area contributed by atoms with E-state index in [1.165, 1.54) is 18.5 Å². The number of hydrogen-bond acceptors (Lipinski definition) is 4. The van der Waals surface area contributed by atoms with Crippen molar-refractivity contribution >= 4 is 21.6 Å². The zero-order valence-electron chi connectivity index (χ0n) is 15.8. The SMILES string of the molecule is O=C(CCNS(=O)(=O)c1ccc(F)c(F)c1)NCc1ccc(N2CCCC2)cc1. The van der Waals surface area contributed by atoms with Gasteiger partial charge in [0.05, 0.1) is 4.90 Å². The Morgan fingerprint density at radius 3 is 2.34 bits per heavy atom. The molecule has 0 bridgehead atoms. The molecule has 1 saturated heterocycles. The van der Waals surface area contributed by atoms with Gasteiger partial charge in [0.1, 0.15) is 0 Å². The summed E-state index contributed by atoms with van der Waals surface area (Å²) in [4.78, 5) is 13.9. The fourth-order valence-electron chi connectivity index (χ4n) is 3.12. The van der Waals surface area contributed by atoms with E-state index in [1.54, 1.807) is 0 Å². The number of anilines is 1. The molecular formula is C20H23F2N3O3S. The van der Waals surface area contributed by atoms with Gasteiger partial charge < -0.3 is 10.2 Å². The van der Waals surface area contributed by atoms with Crippen LogP contribution in [0.2, 0.25) is 0 Å². The molecule has 3 rings (SSSR count). The first-order chi connectivity index (χ1) is 13.8. The van der Waals surface area contributed by atoms with Crippen LogP contribution in [-0.4, -0.2) is 34.0 Å². The fourth-order valence-corrected chi connectivity index (χ4v) is 4.16. The van der Waals surface area contributed by atoms with E-state index < -0.39 is 26.6 Å². The van der Waals surface area contributed by atoms with Crippen LogP contribution < -0.4 is 14.9 Å². The lowest BCUT2D eigenvalue weighted by molar-refractivity contribution is -0.121.